The van der Waals surface area contributed by atoms with Crippen LogP contribution in [0.25, 0.3) is 21.8 Å². The highest BCUT2D eigenvalue weighted by Crippen LogP contribution is 2.21. The minimum Gasteiger partial charge on any atom is -0.370 e. The molecule has 22 N–H and O–H groups in total. The van der Waals surface area contributed by atoms with Crippen molar-refractivity contribution in [1.29, 1.82) is 5.41 Å². The Morgan fingerprint density at radius 3 is 1.29 bits per heavy atom. The molecule has 8 atom stereocenters. The van der Waals surface area contributed by atoms with Crippen LogP contribution in [0.4, 0.5) is 0 Å². The quantitative estimate of drug-likeness (QED) is 0.0103. The molecular formula is C63H78N18O13. The number of nitrogens with one attached hydrogen (secondary N) is 14. The molecule has 6 aromatic rings. The minimum atomic E-state index is -1.79. The number of aromatic nitrogens is 2. The molecule has 6 rings (SSSR count). The lowest BCUT2D eigenvalue weighted by Crippen LogP contribution is -2.59. The molecule has 0 fully saturated rings. The Balaban J connectivity index is 1.16. The van der Waals surface area contributed by atoms with Crippen LogP contribution in [0.2, 0.25) is 0 Å². The summed E-state index contributed by atoms with van der Waals surface area (Å²) in [6.45, 7) is 0.981. The van der Waals surface area contributed by atoms with Gasteiger partial charge in [-0.3, -0.25) is 67.7 Å². The average molecular weight is 1300 g/mol. The summed E-state index contributed by atoms with van der Waals surface area (Å²) >= 11 is 0. The number of primary amides is 3. The molecule has 0 saturated heterocycles. The number of guanidine groups is 1. The first-order valence-corrected chi connectivity index (χ1v) is 29.9. The van der Waals surface area contributed by atoms with E-state index in [4.69, 9.17) is 28.3 Å². The number of amides is 13. The maximum absolute atomic E-state index is 14.5. The van der Waals surface area contributed by atoms with E-state index in [1.807, 2.05) is 0 Å². The van der Waals surface area contributed by atoms with Crippen molar-refractivity contribution in [3.8, 4) is 0 Å². The fourth-order valence-electron chi connectivity index (χ4n) is 10.0. The number of H-pyrrole nitrogens is 2. The topological polar surface area (TPSA) is 514 Å². The van der Waals surface area contributed by atoms with Crippen molar-refractivity contribution in [2.24, 2.45) is 22.9 Å². The number of nitrogens with two attached hydrogens (primary N) is 4. The third-order valence-corrected chi connectivity index (χ3v) is 14.7. The molecule has 0 bridgehead atoms. The Morgan fingerprint density at radius 1 is 0.426 bits per heavy atom. The lowest BCUT2D eigenvalue weighted by atomic mass is 10.0. The molecule has 13 amide bonds. The second-order valence-electron chi connectivity index (χ2n) is 22.1. The summed E-state index contributed by atoms with van der Waals surface area (Å²) in [6, 6.07) is 19.7. The molecule has 0 saturated carbocycles. The van der Waals surface area contributed by atoms with Crippen LogP contribution >= 0.6 is 0 Å². The van der Waals surface area contributed by atoms with Crippen molar-refractivity contribution >= 4 is 105 Å². The monoisotopic (exact) mass is 1290 g/mol. The number of carbonyl (C=O) groups excluding carboxylic acids is 13. The highest BCUT2D eigenvalue weighted by atomic mass is 16.2. The van der Waals surface area contributed by atoms with Gasteiger partial charge in [-0.15, -0.1) is 0 Å². The average Bonchev–Trinajstić information content (AvgIpc) is 1.65. The number of rotatable bonds is 36. The molecule has 2 heterocycles. The molecule has 31 nitrogen and oxygen atoms in total. The molecular weight excluding hydrogens is 1220 g/mol. The van der Waals surface area contributed by atoms with Crippen LogP contribution in [0.1, 0.15) is 61.8 Å². The van der Waals surface area contributed by atoms with Crippen LogP contribution in [0.3, 0.4) is 0 Å². The van der Waals surface area contributed by atoms with E-state index in [-0.39, 0.29) is 51.0 Å². The van der Waals surface area contributed by atoms with E-state index >= 15 is 0 Å². The Kier molecular flexibility index (Phi) is 26.6. The molecule has 0 aliphatic heterocycles. The normalized spacial score (nSPS) is 13.5. The number of hydrogen-bond acceptors (Lipinski definition) is 14. The van der Waals surface area contributed by atoms with Crippen molar-refractivity contribution in [2.75, 3.05) is 19.6 Å². The van der Waals surface area contributed by atoms with E-state index in [0.717, 1.165) is 6.92 Å². The molecule has 8 unspecified atom stereocenters. The van der Waals surface area contributed by atoms with Gasteiger partial charge < -0.3 is 91.4 Å². The largest absolute Gasteiger partial charge is 0.370 e. The minimum absolute atomic E-state index is 0.0347. The van der Waals surface area contributed by atoms with Gasteiger partial charge in [0.05, 0.1) is 25.9 Å². The first kappa shape index (κ1) is 71.4. The Bertz CT molecular complexity index is 3730. The van der Waals surface area contributed by atoms with Crippen molar-refractivity contribution < 1.29 is 62.3 Å². The molecule has 0 radical (unpaired) electrons. The van der Waals surface area contributed by atoms with Crippen LogP contribution < -0.4 is 81.4 Å². The third-order valence-electron chi connectivity index (χ3n) is 14.7. The van der Waals surface area contributed by atoms with Crippen molar-refractivity contribution in [3.63, 3.8) is 0 Å². The number of fused-ring (bicyclic) bond motifs is 2. The summed E-state index contributed by atoms with van der Waals surface area (Å²) in [4.78, 5) is 180. The number of hydrogen-bond donors (Lipinski definition) is 18. The number of aromatic amines is 2. The fourth-order valence-corrected chi connectivity index (χ4v) is 10.0. The maximum Gasteiger partial charge on any atom is 0.243 e. The molecule has 4 aromatic carbocycles. The third kappa shape index (κ3) is 22.7. The summed E-state index contributed by atoms with van der Waals surface area (Å²) in [7, 11) is 0. The molecule has 0 spiro atoms. The fraction of sp³-hybridized carbons (Fsp3) is 0.333. The predicted molar refractivity (Wildman–Crippen MR) is 343 cm³/mol. The van der Waals surface area contributed by atoms with Gasteiger partial charge in [0.25, 0.3) is 0 Å². The Morgan fingerprint density at radius 2 is 0.809 bits per heavy atom. The molecule has 498 valence electrons. The van der Waals surface area contributed by atoms with Crippen LogP contribution in [0, 0.1) is 5.41 Å². The zero-order valence-corrected chi connectivity index (χ0v) is 51.6. The van der Waals surface area contributed by atoms with Gasteiger partial charge >= 0.3 is 0 Å². The van der Waals surface area contributed by atoms with Gasteiger partial charge in [0.1, 0.15) is 48.3 Å². The second kappa shape index (κ2) is 35.1. The van der Waals surface area contributed by atoms with Crippen molar-refractivity contribution in [1.82, 2.24) is 68.5 Å². The highest BCUT2D eigenvalue weighted by Gasteiger charge is 2.35. The first-order chi connectivity index (χ1) is 44.8. The van der Waals surface area contributed by atoms with Gasteiger partial charge in [0, 0.05) is 73.4 Å². The Hall–Kier alpha value is -11.7. The summed E-state index contributed by atoms with van der Waals surface area (Å²) in [5, 5.41) is 36.4. The van der Waals surface area contributed by atoms with Crippen LogP contribution in [-0.4, -0.2) is 161 Å². The molecule has 0 aliphatic carbocycles. The Labute approximate surface area is 538 Å². The van der Waals surface area contributed by atoms with Gasteiger partial charge in [-0.25, -0.2) is 0 Å². The summed E-state index contributed by atoms with van der Waals surface area (Å²) in [5.74, 6) is -12.3. The maximum atomic E-state index is 14.5. The smallest absolute Gasteiger partial charge is 0.243 e. The van der Waals surface area contributed by atoms with Crippen molar-refractivity contribution in [2.45, 2.75) is 114 Å². The van der Waals surface area contributed by atoms with E-state index in [1.54, 1.807) is 122 Å². The van der Waals surface area contributed by atoms with E-state index in [0.29, 0.717) is 44.1 Å². The lowest BCUT2D eigenvalue weighted by molar-refractivity contribution is -0.136. The van der Waals surface area contributed by atoms with Crippen molar-refractivity contribution in [3.05, 3.63) is 144 Å². The van der Waals surface area contributed by atoms with E-state index in [9.17, 15) is 62.3 Å². The molecule has 2 aromatic heterocycles. The van der Waals surface area contributed by atoms with Gasteiger partial charge in [-0.05, 0) is 54.2 Å². The second-order valence-corrected chi connectivity index (χ2v) is 22.1. The van der Waals surface area contributed by atoms with Crippen LogP contribution in [-0.2, 0) is 88.0 Å². The van der Waals surface area contributed by atoms with E-state index < -0.39 is 151 Å². The molecule has 31 heteroatoms. The SMILES string of the molecule is CC(=O)NC(C)C(=O)NC(CC(N)=O)C(=O)NC(Cc1c[nH]c2ccccc12)C(=O)NC(CC(N)=O)C(=O)NCC(=O)NC(Cc1ccccc1)C(=O)NCC(=O)NC(Cc1c[nH]c2ccccc12)C(=O)NC(CCCNC(=N)N)C(=O)NC(Cc1ccccc1)C(N)=O. The standard InChI is InChI=1S/C63H78N18O13/c1-34(74-35(2)82)56(88)79-50(29-52(65)84)62(94)80-48(27-39-31-71-43-21-12-10-19-41(39)43)61(93)81-49(28-51(64)83)58(90)73-32-53(85)75-46(25-37-16-7-4-8-17-37)57(89)72-33-54(86)76-47(26-38-30-70-42-20-11-9-18-40(38)42)60(92)77-44(22-13-23-69-63(67)68)59(91)78-45(55(66)87)24-36-14-5-3-6-15-36/h3-12,14-21,30-31,34,44-50,70-71H,13,22-29,32-33H2,1-2H3,(H2,64,83)(H2,65,84)(H2,66,87)(H,72,89)(H,73,90)(H,74,82)(H,75,85)(H,76,86)(H,77,92)(H,78,91)(H,79,88)(H,80,94)(H,81,93)(H4,67,68,69). The lowest BCUT2D eigenvalue weighted by Gasteiger charge is -2.25. The van der Waals surface area contributed by atoms with Gasteiger partial charge in [-0.2, -0.15) is 0 Å². The number of benzene rings is 4. The molecule has 94 heavy (non-hydrogen) atoms. The summed E-state index contributed by atoms with van der Waals surface area (Å²) in [5.41, 5.74) is 25.8. The summed E-state index contributed by atoms with van der Waals surface area (Å²) < 4.78 is 0. The van der Waals surface area contributed by atoms with E-state index in [1.165, 1.54) is 6.92 Å². The van der Waals surface area contributed by atoms with Gasteiger partial charge in [0.15, 0.2) is 5.96 Å². The van der Waals surface area contributed by atoms with Crippen LogP contribution in [0.15, 0.2) is 122 Å². The van der Waals surface area contributed by atoms with Gasteiger partial charge in [-0.1, -0.05) is 97.1 Å². The molecule has 0 aliphatic rings. The predicted octanol–water partition coefficient (Wildman–Crippen LogP) is -3.43. The summed E-state index contributed by atoms with van der Waals surface area (Å²) in [6.07, 6.45) is 1.26. The highest BCUT2D eigenvalue weighted by molar-refractivity contribution is 6.00. The van der Waals surface area contributed by atoms with Crippen LogP contribution in [0.5, 0.6) is 0 Å². The zero-order valence-electron chi connectivity index (χ0n) is 51.6. The number of carbonyl (C=O) groups is 13. The number of para-hydroxylation sites is 2. The zero-order chi connectivity index (χ0) is 68.4. The van der Waals surface area contributed by atoms with E-state index in [2.05, 4.69) is 68.5 Å². The van der Waals surface area contributed by atoms with Gasteiger partial charge in [0.2, 0.25) is 76.8 Å². The first-order valence-electron chi connectivity index (χ1n) is 29.9.